The molecule has 1 saturated heterocycles. The first-order valence-corrected chi connectivity index (χ1v) is 26.3. The number of aliphatic imine (C=N–C) groups is 1. The molecule has 2 aliphatic heterocycles. The van der Waals surface area contributed by atoms with Crippen molar-refractivity contribution in [1.82, 2.24) is 50.0 Å². The molecule has 72 heavy (non-hydrogen) atoms. The van der Waals surface area contributed by atoms with Crippen molar-refractivity contribution in [2.45, 2.75) is 117 Å². The van der Waals surface area contributed by atoms with Gasteiger partial charge in [-0.1, -0.05) is 61.8 Å². The quantitative estimate of drug-likeness (QED) is 0.0949. The molecule has 0 bridgehead atoms. The number of carbonyl (C=O) groups is 3. The number of halogens is 1. The Morgan fingerprint density at radius 2 is 1.68 bits per heavy atom. The lowest BCUT2D eigenvalue weighted by atomic mass is 9.89. The average Bonchev–Trinajstić information content (AvgIpc) is 4.19. The van der Waals surface area contributed by atoms with Gasteiger partial charge in [-0.2, -0.15) is 5.10 Å². The second-order valence-electron chi connectivity index (χ2n) is 19.4. The highest BCUT2D eigenvalue weighted by Gasteiger charge is 2.43. The van der Waals surface area contributed by atoms with Gasteiger partial charge in [-0.05, 0) is 75.4 Å². The number of hydrogen-bond acceptors (Lipinski definition) is 13. The summed E-state index contributed by atoms with van der Waals surface area (Å²) in [5, 5.41) is 32.3. The van der Waals surface area contributed by atoms with Crippen LogP contribution in [0, 0.1) is 33.6 Å². The molecule has 10 rings (SSSR count). The Labute approximate surface area is 430 Å². The number of β-amino-alcohol motifs (C(OH)–C–C–N with tert-alkyl or cyclic N) is 1. The molecule has 5 aromatic heterocycles. The van der Waals surface area contributed by atoms with Crippen molar-refractivity contribution in [2.24, 2.45) is 10.9 Å². The number of carbonyl (C=O) groups excluding carboxylic acids is 3. The van der Waals surface area contributed by atoms with E-state index in [1.165, 1.54) is 9.78 Å². The molecule has 7 heterocycles. The van der Waals surface area contributed by atoms with Gasteiger partial charge >= 0.3 is 0 Å². The second kappa shape index (κ2) is 20.1. The molecule has 3 aliphatic rings. The summed E-state index contributed by atoms with van der Waals surface area (Å²) >= 11 is 9.54. The molecule has 2 fully saturated rings. The molecular weight excluding hydrogens is 970 g/mol. The normalized spacial score (nSPS) is 20.2. The van der Waals surface area contributed by atoms with Crippen LogP contribution in [-0.2, 0) is 14.4 Å². The van der Waals surface area contributed by atoms with Crippen molar-refractivity contribution in [3.05, 3.63) is 134 Å². The van der Waals surface area contributed by atoms with E-state index in [2.05, 4.69) is 49.7 Å². The van der Waals surface area contributed by atoms with Crippen molar-refractivity contribution in [3.8, 4) is 32.4 Å². The molecule has 0 radical (unpaired) electrons. The molecule has 19 heteroatoms. The number of aliphatic hydroxyl groups excluding tert-OH is 1. The number of likely N-dealkylation sites (tertiary alicyclic amines) is 1. The molecule has 372 valence electrons. The number of nitrogens with zero attached hydrogens (tertiary/aromatic N) is 9. The van der Waals surface area contributed by atoms with Gasteiger partial charge in [-0.3, -0.25) is 33.6 Å². The van der Waals surface area contributed by atoms with E-state index < -0.39 is 24.2 Å². The molecule has 16 nitrogen and oxygen atoms in total. The molecule has 7 aromatic rings. The number of thiazole rings is 1. The third-order valence-corrected chi connectivity index (χ3v) is 16.4. The standard InChI is InChI=1S/C53H56ClN11O5S2/c1-27(2)48(52(69)63-25-39(66)20-44(63)51(68)58-29(4)33-8-10-35(11-9-33)49-30(5)56-26-71-49)64-24-36(23-57-64)42-21-40(16-17-55-42)70-41-18-38(19-41)59-45(67)22-43-50-62-61-32(7)65(50)53-46(28(3)31(6)72-53)47(60-43)34-12-14-37(54)15-13-34/h8-17,21,23-24,26-27,29,38-39,41,43-44,48,66H,18-20,22,25H2,1-7H3,(H,58,68)(H,59,67)/t29-,38-,39+,41+,43-,44-,48?/m0/s1. The number of rotatable bonds is 14. The van der Waals surface area contributed by atoms with Crippen molar-refractivity contribution in [2.75, 3.05) is 6.54 Å². The Hall–Kier alpha value is -6.60. The molecule has 1 aliphatic carbocycles. The van der Waals surface area contributed by atoms with Crippen LogP contribution in [0.15, 0.2) is 89.8 Å². The Balaban J connectivity index is 0.762. The van der Waals surface area contributed by atoms with Crippen LogP contribution < -0.4 is 15.4 Å². The Morgan fingerprint density at radius 1 is 0.931 bits per heavy atom. The van der Waals surface area contributed by atoms with Crippen molar-refractivity contribution in [1.29, 1.82) is 0 Å². The first-order chi connectivity index (χ1) is 34.6. The van der Waals surface area contributed by atoms with Crippen LogP contribution in [0.4, 0.5) is 0 Å². The number of fused-ring (bicyclic) bond motifs is 3. The van der Waals surface area contributed by atoms with Crippen LogP contribution in [0.1, 0.15) is 109 Å². The maximum absolute atomic E-state index is 14.4. The zero-order chi connectivity index (χ0) is 50.5. The SMILES string of the molecule is Cc1ncsc1-c1ccc([C@H](C)NC(=O)[C@@H]2C[C@@H](O)CN2C(=O)C(C(C)C)n2cc(-c3cc(O[C@H]4C[C@@H](NC(=O)C[C@@H]5N=C(c6ccc(Cl)cc6)c6c(sc(C)c6C)-n6c(C)nnc65)C4)ccn3)cn2)cc1. The van der Waals surface area contributed by atoms with E-state index >= 15 is 0 Å². The van der Waals surface area contributed by atoms with E-state index in [0.29, 0.717) is 40.7 Å². The predicted molar refractivity (Wildman–Crippen MR) is 278 cm³/mol. The predicted octanol–water partition coefficient (Wildman–Crippen LogP) is 8.64. The van der Waals surface area contributed by atoms with E-state index in [1.54, 1.807) is 52.0 Å². The summed E-state index contributed by atoms with van der Waals surface area (Å²) in [6, 6.07) is 16.7. The summed E-state index contributed by atoms with van der Waals surface area (Å²) < 4.78 is 10.1. The van der Waals surface area contributed by atoms with Gasteiger partial charge < -0.3 is 25.4 Å². The minimum absolute atomic E-state index is 0.0406. The number of pyridine rings is 1. The molecule has 3 amide bonds. The number of aromatic nitrogens is 7. The summed E-state index contributed by atoms with van der Waals surface area (Å²) in [6.07, 6.45) is 5.63. The molecular formula is C53H56ClN11O5S2. The third kappa shape index (κ3) is 9.72. The number of amides is 3. The zero-order valence-corrected chi connectivity index (χ0v) is 43.4. The number of thiophene rings is 1. The van der Waals surface area contributed by atoms with E-state index in [1.807, 2.05) is 99.3 Å². The van der Waals surface area contributed by atoms with Gasteiger partial charge in [0.25, 0.3) is 0 Å². The molecule has 5 atom stereocenters. The highest BCUT2D eigenvalue weighted by Crippen LogP contribution is 2.40. The lowest BCUT2D eigenvalue weighted by molar-refractivity contribution is -0.142. The maximum Gasteiger partial charge on any atom is 0.248 e. The number of benzene rings is 2. The lowest BCUT2D eigenvalue weighted by Crippen LogP contribution is -2.49. The van der Waals surface area contributed by atoms with Gasteiger partial charge in [-0.15, -0.1) is 32.9 Å². The van der Waals surface area contributed by atoms with Gasteiger partial charge in [0.1, 0.15) is 40.8 Å². The number of aliphatic hydroxyl groups is 1. The minimum atomic E-state index is -0.846. The van der Waals surface area contributed by atoms with Crippen LogP contribution >= 0.6 is 34.3 Å². The van der Waals surface area contributed by atoms with Crippen LogP contribution in [0.2, 0.25) is 5.02 Å². The first kappa shape index (κ1) is 49.0. The van der Waals surface area contributed by atoms with Gasteiger partial charge in [0.2, 0.25) is 17.7 Å². The summed E-state index contributed by atoms with van der Waals surface area (Å²) in [7, 11) is 0. The summed E-state index contributed by atoms with van der Waals surface area (Å²) in [5.74, 6) is 1.03. The highest BCUT2D eigenvalue weighted by atomic mass is 35.5. The Kier molecular flexibility index (Phi) is 13.7. The summed E-state index contributed by atoms with van der Waals surface area (Å²) in [5.41, 5.74) is 9.93. The smallest absolute Gasteiger partial charge is 0.248 e. The number of ether oxygens (including phenoxy) is 1. The first-order valence-electron chi connectivity index (χ1n) is 24.2. The monoisotopic (exact) mass is 1030 g/mol. The topological polar surface area (TPSA) is 195 Å². The van der Waals surface area contributed by atoms with Crippen molar-refractivity contribution < 1.29 is 24.2 Å². The fraction of sp³-hybridized carbons (Fsp3) is 0.377. The zero-order valence-electron chi connectivity index (χ0n) is 41.0. The van der Waals surface area contributed by atoms with Crippen LogP contribution in [0.5, 0.6) is 5.75 Å². The van der Waals surface area contributed by atoms with Crippen molar-refractivity contribution in [3.63, 3.8) is 0 Å². The fourth-order valence-corrected chi connectivity index (χ4v) is 12.1. The minimum Gasteiger partial charge on any atom is -0.490 e. The number of aryl methyl sites for hydroxylation is 3. The van der Waals surface area contributed by atoms with E-state index in [-0.39, 0.29) is 61.2 Å². The third-order valence-electron chi connectivity index (χ3n) is 13.9. The molecule has 2 aromatic carbocycles. The highest BCUT2D eigenvalue weighted by molar-refractivity contribution is 7.15. The van der Waals surface area contributed by atoms with E-state index in [4.69, 9.17) is 21.3 Å². The molecule has 3 N–H and O–H groups in total. The lowest BCUT2D eigenvalue weighted by Gasteiger charge is -2.36. The van der Waals surface area contributed by atoms with Gasteiger partial charge in [0.15, 0.2) is 5.82 Å². The van der Waals surface area contributed by atoms with Crippen LogP contribution in [0.25, 0.3) is 26.7 Å². The maximum atomic E-state index is 14.4. The van der Waals surface area contributed by atoms with Crippen LogP contribution in [0.3, 0.4) is 0 Å². The molecule has 1 unspecified atom stereocenters. The number of hydrogen-bond donors (Lipinski definition) is 3. The summed E-state index contributed by atoms with van der Waals surface area (Å²) in [6.45, 7) is 13.9. The second-order valence-corrected chi connectivity index (χ2v) is 21.9. The van der Waals surface area contributed by atoms with E-state index in [9.17, 15) is 19.5 Å². The summed E-state index contributed by atoms with van der Waals surface area (Å²) in [4.78, 5) is 60.0. The molecule has 0 spiro atoms. The number of nitrogens with one attached hydrogen (secondary N) is 2. The van der Waals surface area contributed by atoms with Gasteiger partial charge in [0, 0.05) is 76.9 Å². The Bertz CT molecular complexity index is 3190. The largest absolute Gasteiger partial charge is 0.490 e. The Morgan fingerprint density at radius 3 is 2.40 bits per heavy atom. The van der Waals surface area contributed by atoms with Crippen LogP contribution in [-0.4, -0.2) is 98.8 Å². The van der Waals surface area contributed by atoms with Gasteiger partial charge in [-0.25, -0.2) is 4.98 Å². The average molecular weight is 1030 g/mol. The van der Waals surface area contributed by atoms with Crippen molar-refractivity contribution >= 4 is 57.7 Å². The van der Waals surface area contributed by atoms with E-state index in [0.717, 1.165) is 54.9 Å². The fourth-order valence-electron chi connectivity index (χ4n) is 9.91. The molecule has 1 saturated carbocycles. The van der Waals surface area contributed by atoms with Gasteiger partial charge in [0.05, 0.1) is 52.3 Å².